The summed E-state index contributed by atoms with van der Waals surface area (Å²) in [6.45, 7) is 9.72. The van der Waals surface area contributed by atoms with Crippen molar-refractivity contribution in [3.63, 3.8) is 0 Å². The topological polar surface area (TPSA) is 0 Å². The lowest BCUT2D eigenvalue weighted by Gasteiger charge is -2.24. The molecule has 0 nitrogen and oxygen atoms in total. The molecule has 1 heteroatoms. The molecule has 0 aliphatic heterocycles. The Hall–Kier alpha value is -6.80. The maximum atomic E-state index is 2.51. The van der Waals surface area contributed by atoms with Crippen LogP contribution < -0.4 is 0 Å². The van der Waals surface area contributed by atoms with E-state index in [1.54, 1.807) is 0 Å². The van der Waals surface area contributed by atoms with Crippen LogP contribution in [0.5, 0.6) is 0 Å². The average molecular weight is 795 g/mol. The summed E-state index contributed by atoms with van der Waals surface area (Å²) in [7, 11) is 0. The fourth-order valence-electron chi connectivity index (χ4n) is 11.6. The molecule has 0 N–H and O–H groups in total. The van der Waals surface area contributed by atoms with Crippen molar-refractivity contribution in [2.45, 2.75) is 38.5 Å². The van der Waals surface area contributed by atoms with Gasteiger partial charge in [0, 0.05) is 31.0 Å². The highest BCUT2D eigenvalue weighted by Crippen LogP contribution is 2.58. The zero-order valence-corrected chi connectivity index (χ0v) is 35.5. The normalized spacial score (nSPS) is 14.5. The molecule has 10 aromatic carbocycles. The Kier molecular flexibility index (Phi) is 7.11. The van der Waals surface area contributed by atoms with E-state index in [0.29, 0.717) is 0 Å². The number of thiophene rings is 1. The van der Waals surface area contributed by atoms with Crippen LogP contribution in [0, 0.1) is 0 Å². The Bertz CT molecular complexity index is 3630. The van der Waals surface area contributed by atoms with E-state index >= 15 is 0 Å². The third kappa shape index (κ3) is 4.70. The van der Waals surface area contributed by atoms with Crippen LogP contribution in [0.15, 0.2) is 182 Å². The first-order chi connectivity index (χ1) is 29.8. The molecule has 61 heavy (non-hydrogen) atoms. The summed E-state index contributed by atoms with van der Waals surface area (Å²) < 4.78 is 2.76. The van der Waals surface area contributed by atoms with Gasteiger partial charge < -0.3 is 0 Å². The number of hydrogen-bond acceptors (Lipinski definition) is 1. The molecule has 0 saturated heterocycles. The molecule has 0 spiro atoms. The average Bonchev–Trinajstić information content (AvgIpc) is 3.88. The maximum Gasteiger partial charge on any atom is 0.0440 e. The fraction of sp³-hybridized carbons (Fsp3) is 0.100. The minimum atomic E-state index is -0.178. The van der Waals surface area contributed by atoms with Gasteiger partial charge in [0.25, 0.3) is 0 Å². The van der Waals surface area contributed by atoms with Gasteiger partial charge >= 0.3 is 0 Å². The van der Waals surface area contributed by atoms with Gasteiger partial charge in [0.15, 0.2) is 0 Å². The minimum absolute atomic E-state index is 0.159. The van der Waals surface area contributed by atoms with Crippen molar-refractivity contribution in [3.8, 4) is 55.6 Å². The van der Waals surface area contributed by atoms with Crippen molar-refractivity contribution >= 4 is 63.8 Å². The van der Waals surface area contributed by atoms with E-state index in [2.05, 4.69) is 210 Å². The molecule has 0 amide bonds. The predicted octanol–water partition coefficient (Wildman–Crippen LogP) is 17.1. The van der Waals surface area contributed by atoms with Crippen molar-refractivity contribution in [1.82, 2.24) is 0 Å². The van der Waals surface area contributed by atoms with Crippen LogP contribution in [0.1, 0.15) is 49.9 Å². The predicted molar refractivity (Wildman–Crippen MR) is 263 cm³/mol. The third-order valence-electron chi connectivity index (χ3n) is 14.4. The molecule has 2 aliphatic carbocycles. The first kappa shape index (κ1) is 35.0. The quantitative estimate of drug-likeness (QED) is 0.156. The number of hydrogen-bond donors (Lipinski definition) is 0. The van der Waals surface area contributed by atoms with Gasteiger partial charge in [-0.2, -0.15) is 0 Å². The summed E-state index contributed by atoms with van der Waals surface area (Å²) in [5.74, 6) is 0. The summed E-state index contributed by atoms with van der Waals surface area (Å²) in [5.41, 5.74) is 18.5. The van der Waals surface area contributed by atoms with E-state index < -0.39 is 0 Å². The molecule has 0 radical (unpaired) electrons. The van der Waals surface area contributed by atoms with Gasteiger partial charge in [0.2, 0.25) is 0 Å². The smallest absolute Gasteiger partial charge is 0.0440 e. The Labute approximate surface area is 360 Å². The number of benzene rings is 10. The van der Waals surface area contributed by atoms with Crippen LogP contribution in [-0.4, -0.2) is 0 Å². The molecule has 13 rings (SSSR count). The molecule has 0 bridgehead atoms. The lowest BCUT2D eigenvalue weighted by molar-refractivity contribution is 0.660. The standard InChI is InChI=1S/C60H42S/c1-59(2)49-32-36(37-27-31-47-51(33-37)60(3,4)57-45-22-12-13-23-46(45)58-56(55(47)57)48-24-14-15-25-52(48)61-58)26-29-39(49)40-30-28-38(34-50(40)59)54-43-20-10-8-18-41(43)53(35-16-6-5-7-17-35)42-19-9-11-21-44(42)54/h5-34H,1-4H3. The molecule has 0 atom stereocenters. The van der Waals surface area contributed by atoms with E-state index in [0.717, 1.165) is 0 Å². The highest BCUT2D eigenvalue weighted by molar-refractivity contribution is 7.26. The van der Waals surface area contributed by atoms with Crippen LogP contribution >= 0.6 is 11.3 Å². The van der Waals surface area contributed by atoms with Gasteiger partial charge in [-0.05, 0) is 134 Å². The fourth-order valence-corrected chi connectivity index (χ4v) is 12.8. The van der Waals surface area contributed by atoms with Crippen molar-refractivity contribution in [1.29, 1.82) is 0 Å². The Morgan fingerprint density at radius 2 is 0.770 bits per heavy atom. The SMILES string of the molecule is CC1(C)c2cc(-c3ccc4c(c3)C(C)(C)c3c-4c4c5ccccc5sc4c4ccccc34)ccc2-c2ccc(-c3c4ccccc4c(-c4ccccc4)c4ccccc34)cc21. The molecule has 2 aliphatic rings. The Morgan fingerprint density at radius 3 is 1.38 bits per heavy atom. The zero-order valence-electron chi connectivity index (χ0n) is 34.7. The third-order valence-corrected chi connectivity index (χ3v) is 15.6. The molecule has 1 heterocycles. The Morgan fingerprint density at radius 1 is 0.328 bits per heavy atom. The second kappa shape index (κ2) is 12.4. The molecule has 0 saturated carbocycles. The van der Waals surface area contributed by atoms with Crippen molar-refractivity contribution in [3.05, 3.63) is 204 Å². The Balaban J connectivity index is 0.945. The molecule has 288 valence electrons. The summed E-state index contributed by atoms with van der Waals surface area (Å²) in [4.78, 5) is 0. The van der Waals surface area contributed by atoms with Crippen molar-refractivity contribution in [2.24, 2.45) is 0 Å². The number of fused-ring (bicyclic) bond motifs is 15. The summed E-state index contributed by atoms with van der Waals surface area (Å²) in [5, 5.41) is 10.7. The number of rotatable bonds is 3. The van der Waals surface area contributed by atoms with E-state index in [9.17, 15) is 0 Å². The molecule has 0 unspecified atom stereocenters. The molecule has 0 fully saturated rings. The largest absolute Gasteiger partial charge is 0.135 e. The molecular weight excluding hydrogens is 753 g/mol. The van der Waals surface area contributed by atoms with Crippen LogP contribution in [0.3, 0.4) is 0 Å². The highest BCUT2D eigenvalue weighted by Gasteiger charge is 2.40. The molecule has 11 aromatic rings. The van der Waals surface area contributed by atoms with Gasteiger partial charge in [-0.25, -0.2) is 0 Å². The van der Waals surface area contributed by atoms with Crippen molar-refractivity contribution < 1.29 is 0 Å². The first-order valence-corrected chi connectivity index (χ1v) is 22.4. The second-order valence-corrected chi connectivity index (χ2v) is 19.4. The maximum absolute atomic E-state index is 2.51. The van der Waals surface area contributed by atoms with Crippen LogP contribution in [0.4, 0.5) is 0 Å². The monoisotopic (exact) mass is 794 g/mol. The van der Waals surface area contributed by atoms with Crippen LogP contribution in [-0.2, 0) is 10.8 Å². The second-order valence-electron chi connectivity index (χ2n) is 18.3. The van der Waals surface area contributed by atoms with Crippen LogP contribution in [0.2, 0.25) is 0 Å². The van der Waals surface area contributed by atoms with Crippen molar-refractivity contribution in [2.75, 3.05) is 0 Å². The molecule has 1 aromatic heterocycles. The van der Waals surface area contributed by atoms with E-state index in [1.807, 2.05) is 11.3 Å². The lowest BCUT2D eigenvalue weighted by atomic mass is 9.78. The van der Waals surface area contributed by atoms with E-state index in [-0.39, 0.29) is 10.8 Å². The van der Waals surface area contributed by atoms with Crippen LogP contribution in [0.25, 0.3) is 108 Å². The summed E-state index contributed by atoms with van der Waals surface area (Å²) in [6, 6.07) is 68.7. The zero-order chi connectivity index (χ0) is 40.8. The molecular formula is C60H42S. The van der Waals surface area contributed by atoms with E-state index in [4.69, 9.17) is 0 Å². The van der Waals surface area contributed by atoms with E-state index in [1.165, 1.54) is 130 Å². The minimum Gasteiger partial charge on any atom is -0.135 e. The highest BCUT2D eigenvalue weighted by atomic mass is 32.1. The van der Waals surface area contributed by atoms with Gasteiger partial charge in [-0.15, -0.1) is 11.3 Å². The van der Waals surface area contributed by atoms with Gasteiger partial charge in [0.05, 0.1) is 0 Å². The summed E-state index contributed by atoms with van der Waals surface area (Å²) in [6.07, 6.45) is 0. The van der Waals surface area contributed by atoms with Gasteiger partial charge in [-0.1, -0.05) is 185 Å². The van der Waals surface area contributed by atoms with Gasteiger partial charge in [-0.3, -0.25) is 0 Å². The summed E-state index contributed by atoms with van der Waals surface area (Å²) >= 11 is 1.94. The lowest BCUT2D eigenvalue weighted by Crippen LogP contribution is -2.16. The van der Waals surface area contributed by atoms with Gasteiger partial charge in [0.1, 0.15) is 0 Å². The first-order valence-electron chi connectivity index (χ1n) is 21.6.